The maximum Gasteiger partial charge on any atom is 0.406 e. The van der Waals surface area contributed by atoms with Gasteiger partial charge in [-0.3, -0.25) is 4.57 Å². The van der Waals surface area contributed by atoms with Gasteiger partial charge in [0.15, 0.2) is 0 Å². The minimum absolute atomic E-state index is 0.0789. The molecule has 0 atom stereocenters. The van der Waals surface area contributed by atoms with Gasteiger partial charge in [0.2, 0.25) is 12.1 Å². The predicted molar refractivity (Wildman–Crippen MR) is 74.1 cm³/mol. The van der Waals surface area contributed by atoms with E-state index in [0.717, 1.165) is 12.5 Å². The number of aryl methyl sites for hydroxylation is 1. The number of rotatable bonds is 5. The standard InChI is InChI=1S/C13H22N4O2/c1-3-10-4-6-11(7-5-10)8-14-12-13(17(18)19)15-9-16(12)2/h9-11,14H,3-8H2,1-2H3. The van der Waals surface area contributed by atoms with Crippen molar-refractivity contribution in [1.29, 1.82) is 0 Å². The first kappa shape index (κ1) is 13.8. The topological polar surface area (TPSA) is 73.0 Å². The van der Waals surface area contributed by atoms with Gasteiger partial charge in [0.25, 0.3) is 0 Å². The lowest BCUT2D eigenvalue weighted by molar-refractivity contribution is -0.388. The first-order valence-electron chi connectivity index (χ1n) is 7.01. The lowest BCUT2D eigenvalue weighted by atomic mass is 9.81. The molecule has 2 rings (SSSR count). The third kappa shape index (κ3) is 3.24. The molecule has 0 saturated heterocycles. The second-order valence-corrected chi connectivity index (χ2v) is 5.46. The molecule has 0 unspecified atom stereocenters. The van der Waals surface area contributed by atoms with Gasteiger partial charge < -0.3 is 15.4 Å². The molecular formula is C13H22N4O2. The first-order chi connectivity index (χ1) is 9.11. The van der Waals surface area contributed by atoms with E-state index >= 15 is 0 Å². The predicted octanol–water partition coefficient (Wildman–Crippen LogP) is 2.96. The third-order valence-corrected chi connectivity index (χ3v) is 4.19. The molecule has 0 radical (unpaired) electrons. The molecule has 106 valence electrons. The molecule has 0 bridgehead atoms. The molecule has 19 heavy (non-hydrogen) atoms. The van der Waals surface area contributed by atoms with Crippen LogP contribution in [0.5, 0.6) is 0 Å². The fraction of sp³-hybridized carbons (Fsp3) is 0.769. The Morgan fingerprint density at radius 1 is 1.42 bits per heavy atom. The van der Waals surface area contributed by atoms with Crippen LogP contribution < -0.4 is 5.32 Å². The Kier molecular flexibility index (Phi) is 4.39. The summed E-state index contributed by atoms with van der Waals surface area (Å²) in [6, 6.07) is 0. The summed E-state index contributed by atoms with van der Waals surface area (Å²) in [5.74, 6) is 1.94. The van der Waals surface area contributed by atoms with Crippen LogP contribution in [0, 0.1) is 22.0 Å². The quantitative estimate of drug-likeness (QED) is 0.657. The zero-order valence-electron chi connectivity index (χ0n) is 11.6. The summed E-state index contributed by atoms with van der Waals surface area (Å²) in [6.45, 7) is 3.05. The van der Waals surface area contributed by atoms with Gasteiger partial charge in [-0.1, -0.05) is 26.2 Å². The zero-order chi connectivity index (χ0) is 13.8. The van der Waals surface area contributed by atoms with Crippen LogP contribution in [0.3, 0.4) is 0 Å². The van der Waals surface area contributed by atoms with E-state index in [2.05, 4.69) is 17.2 Å². The van der Waals surface area contributed by atoms with Gasteiger partial charge in [-0.05, 0) is 34.6 Å². The molecule has 1 fully saturated rings. The van der Waals surface area contributed by atoms with E-state index < -0.39 is 4.92 Å². The van der Waals surface area contributed by atoms with Crippen LogP contribution >= 0.6 is 0 Å². The van der Waals surface area contributed by atoms with Crippen molar-refractivity contribution < 1.29 is 4.92 Å². The summed E-state index contributed by atoms with van der Waals surface area (Å²) in [6.07, 6.45) is 7.77. The van der Waals surface area contributed by atoms with Crippen molar-refractivity contribution in [3.63, 3.8) is 0 Å². The highest BCUT2D eigenvalue weighted by Gasteiger charge is 2.23. The molecule has 1 aliphatic carbocycles. The number of aromatic nitrogens is 2. The normalized spacial score (nSPS) is 23.3. The van der Waals surface area contributed by atoms with Crippen molar-refractivity contribution in [2.75, 3.05) is 11.9 Å². The van der Waals surface area contributed by atoms with Gasteiger partial charge in [-0.15, -0.1) is 0 Å². The monoisotopic (exact) mass is 266 g/mol. The molecule has 1 aromatic heterocycles. The summed E-state index contributed by atoms with van der Waals surface area (Å²) >= 11 is 0. The van der Waals surface area contributed by atoms with Crippen molar-refractivity contribution in [3.05, 3.63) is 16.4 Å². The fourth-order valence-electron chi connectivity index (χ4n) is 2.84. The number of hydrogen-bond acceptors (Lipinski definition) is 4. The van der Waals surface area contributed by atoms with Crippen LogP contribution in [-0.4, -0.2) is 21.0 Å². The van der Waals surface area contributed by atoms with Crippen LogP contribution in [0.15, 0.2) is 6.33 Å². The molecule has 1 heterocycles. The lowest BCUT2D eigenvalue weighted by Gasteiger charge is -2.27. The van der Waals surface area contributed by atoms with Gasteiger partial charge in [-0.2, -0.15) is 0 Å². The Balaban J connectivity index is 1.89. The van der Waals surface area contributed by atoms with Crippen LogP contribution in [0.25, 0.3) is 0 Å². The summed E-state index contributed by atoms with van der Waals surface area (Å²) in [4.78, 5) is 14.2. The molecule has 1 N–H and O–H groups in total. The second-order valence-electron chi connectivity index (χ2n) is 5.46. The van der Waals surface area contributed by atoms with Gasteiger partial charge in [-0.25, -0.2) is 0 Å². The van der Waals surface area contributed by atoms with Crippen molar-refractivity contribution in [2.24, 2.45) is 18.9 Å². The molecule has 6 heteroatoms. The van der Waals surface area contributed by atoms with Gasteiger partial charge in [0.05, 0.1) is 0 Å². The van der Waals surface area contributed by atoms with Crippen molar-refractivity contribution in [3.8, 4) is 0 Å². The first-order valence-corrected chi connectivity index (χ1v) is 7.01. The van der Waals surface area contributed by atoms with Crippen LogP contribution in [0.4, 0.5) is 11.6 Å². The van der Waals surface area contributed by atoms with Crippen molar-refractivity contribution in [2.45, 2.75) is 39.0 Å². The Morgan fingerprint density at radius 3 is 2.63 bits per heavy atom. The highest BCUT2D eigenvalue weighted by molar-refractivity contribution is 5.51. The fourth-order valence-corrected chi connectivity index (χ4v) is 2.84. The van der Waals surface area contributed by atoms with E-state index in [1.54, 1.807) is 11.6 Å². The molecule has 0 aliphatic heterocycles. The van der Waals surface area contributed by atoms with Gasteiger partial charge in [0, 0.05) is 13.6 Å². The number of anilines is 1. The third-order valence-electron chi connectivity index (χ3n) is 4.19. The molecule has 1 aromatic rings. The van der Waals surface area contributed by atoms with E-state index in [4.69, 9.17) is 0 Å². The highest BCUT2D eigenvalue weighted by atomic mass is 16.6. The minimum Gasteiger partial charge on any atom is -0.364 e. The second kappa shape index (κ2) is 6.04. The average molecular weight is 266 g/mol. The molecule has 0 spiro atoms. The number of nitro groups is 1. The van der Waals surface area contributed by atoms with E-state index in [9.17, 15) is 10.1 Å². The zero-order valence-corrected chi connectivity index (χ0v) is 11.6. The van der Waals surface area contributed by atoms with Crippen LogP contribution in [-0.2, 0) is 7.05 Å². The van der Waals surface area contributed by atoms with Gasteiger partial charge >= 0.3 is 5.82 Å². The Labute approximate surface area is 113 Å². The smallest absolute Gasteiger partial charge is 0.364 e. The molecular weight excluding hydrogens is 244 g/mol. The summed E-state index contributed by atoms with van der Waals surface area (Å²) in [5, 5.41) is 14.1. The SMILES string of the molecule is CCC1CCC(CNc2c([N+](=O)[O-])ncn2C)CC1. The minimum atomic E-state index is -0.434. The molecule has 1 aliphatic rings. The number of nitrogens with zero attached hydrogens (tertiary/aromatic N) is 3. The largest absolute Gasteiger partial charge is 0.406 e. The Hall–Kier alpha value is -1.59. The van der Waals surface area contributed by atoms with Crippen LogP contribution in [0.1, 0.15) is 39.0 Å². The summed E-state index contributed by atoms with van der Waals surface area (Å²) in [5.41, 5.74) is 0. The molecule has 1 saturated carbocycles. The van der Waals surface area contributed by atoms with E-state index in [0.29, 0.717) is 11.7 Å². The van der Waals surface area contributed by atoms with Gasteiger partial charge in [0.1, 0.15) is 0 Å². The number of imidazole rings is 1. The Morgan fingerprint density at radius 2 is 2.05 bits per heavy atom. The molecule has 6 nitrogen and oxygen atoms in total. The Bertz CT molecular complexity index is 436. The highest BCUT2D eigenvalue weighted by Crippen LogP contribution is 2.31. The summed E-state index contributed by atoms with van der Waals surface area (Å²) < 4.78 is 1.68. The van der Waals surface area contributed by atoms with Crippen molar-refractivity contribution >= 4 is 11.6 Å². The van der Waals surface area contributed by atoms with Crippen molar-refractivity contribution in [1.82, 2.24) is 9.55 Å². The maximum atomic E-state index is 10.9. The number of nitrogens with one attached hydrogen (secondary N) is 1. The molecule has 0 amide bonds. The van der Waals surface area contributed by atoms with E-state index in [-0.39, 0.29) is 5.82 Å². The van der Waals surface area contributed by atoms with E-state index in [1.807, 2.05) is 0 Å². The average Bonchev–Trinajstić information content (AvgIpc) is 2.78. The molecule has 0 aromatic carbocycles. The maximum absolute atomic E-state index is 10.9. The summed E-state index contributed by atoms with van der Waals surface area (Å²) in [7, 11) is 1.77. The van der Waals surface area contributed by atoms with E-state index in [1.165, 1.54) is 38.4 Å². The number of hydrogen-bond donors (Lipinski definition) is 1. The van der Waals surface area contributed by atoms with Crippen LogP contribution in [0.2, 0.25) is 0 Å². The lowest BCUT2D eigenvalue weighted by Crippen LogP contribution is -2.22.